The standard InChI is InChI=1S/C18H18N2O3/c1-11-7-8-12(2)14(9-11)20-17(21)10-15-18(22)23-16-6-4-3-5-13(16)19-15/h3-9,15,19H,10H2,1-2H3,(H,20,21). The van der Waals surface area contributed by atoms with Gasteiger partial charge in [0, 0.05) is 5.69 Å². The summed E-state index contributed by atoms with van der Waals surface area (Å²) in [6.45, 7) is 3.89. The quantitative estimate of drug-likeness (QED) is 0.675. The van der Waals surface area contributed by atoms with Gasteiger partial charge in [0.05, 0.1) is 12.1 Å². The van der Waals surface area contributed by atoms with Crippen molar-refractivity contribution in [3.63, 3.8) is 0 Å². The number of anilines is 2. The Bertz CT molecular complexity index is 771. The number of hydrogen-bond acceptors (Lipinski definition) is 4. The van der Waals surface area contributed by atoms with Gasteiger partial charge in [-0.3, -0.25) is 4.79 Å². The monoisotopic (exact) mass is 310 g/mol. The topological polar surface area (TPSA) is 67.4 Å². The predicted octanol–water partition coefficient (Wildman–Crippen LogP) is 3.03. The highest BCUT2D eigenvalue weighted by molar-refractivity contribution is 5.97. The molecule has 0 fully saturated rings. The van der Waals surface area contributed by atoms with Crippen LogP contribution in [-0.4, -0.2) is 17.9 Å². The summed E-state index contributed by atoms with van der Waals surface area (Å²) in [5.41, 5.74) is 3.53. The number of ether oxygens (including phenoxy) is 1. The van der Waals surface area contributed by atoms with Crippen LogP contribution in [0.2, 0.25) is 0 Å². The number of nitrogens with one attached hydrogen (secondary N) is 2. The van der Waals surface area contributed by atoms with Crippen LogP contribution in [0.5, 0.6) is 5.75 Å². The summed E-state index contributed by atoms with van der Waals surface area (Å²) < 4.78 is 5.26. The van der Waals surface area contributed by atoms with E-state index in [0.717, 1.165) is 22.5 Å². The molecule has 0 aliphatic carbocycles. The summed E-state index contributed by atoms with van der Waals surface area (Å²) in [4.78, 5) is 24.2. The molecule has 23 heavy (non-hydrogen) atoms. The number of para-hydroxylation sites is 2. The number of rotatable bonds is 3. The molecule has 1 aliphatic heterocycles. The zero-order valence-corrected chi connectivity index (χ0v) is 13.1. The fourth-order valence-electron chi connectivity index (χ4n) is 2.49. The van der Waals surface area contributed by atoms with Crippen molar-refractivity contribution in [2.24, 2.45) is 0 Å². The number of benzene rings is 2. The van der Waals surface area contributed by atoms with E-state index < -0.39 is 12.0 Å². The molecule has 3 rings (SSSR count). The van der Waals surface area contributed by atoms with Crippen molar-refractivity contribution in [3.05, 3.63) is 53.6 Å². The Morgan fingerprint density at radius 2 is 2.00 bits per heavy atom. The van der Waals surface area contributed by atoms with Crippen LogP contribution >= 0.6 is 0 Å². The minimum Gasteiger partial charge on any atom is -0.423 e. The Hall–Kier alpha value is -2.82. The third-order valence-corrected chi connectivity index (χ3v) is 3.77. The van der Waals surface area contributed by atoms with Crippen molar-refractivity contribution in [2.75, 3.05) is 10.6 Å². The highest BCUT2D eigenvalue weighted by atomic mass is 16.5. The van der Waals surface area contributed by atoms with E-state index in [1.807, 2.05) is 44.2 Å². The summed E-state index contributed by atoms with van der Waals surface area (Å²) in [7, 11) is 0. The summed E-state index contributed by atoms with van der Waals surface area (Å²) in [5, 5.41) is 5.91. The van der Waals surface area contributed by atoms with Gasteiger partial charge in [-0.2, -0.15) is 0 Å². The van der Waals surface area contributed by atoms with Gasteiger partial charge in [-0.25, -0.2) is 4.79 Å². The molecule has 1 heterocycles. The molecule has 1 amide bonds. The highest BCUT2D eigenvalue weighted by Crippen LogP contribution is 2.29. The van der Waals surface area contributed by atoms with Gasteiger partial charge < -0.3 is 15.4 Å². The molecule has 1 aliphatic rings. The van der Waals surface area contributed by atoms with Crippen LogP contribution in [0.1, 0.15) is 17.5 Å². The molecule has 2 aromatic rings. The van der Waals surface area contributed by atoms with Crippen molar-refractivity contribution in [1.29, 1.82) is 0 Å². The first-order valence-electron chi connectivity index (χ1n) is 7.47. The third kappa shape index (κ3) is 3.34. The lowest BCUT2D eigenvalue weighted by molar-refractivity contribution is -0.137. The zero-order valence-electron chi connectivity index (χ0n) is 13.1. The normalized spacial score (nSPS) is 16.1. The number of esters is 1. The first kappa shape index (κ1) is 15.1. The molecule has 0 saturated heterocycles. The van der Waals surface area contributed by atoms with Crippen LogP contribution < -0.4 is 15.4 Å². The first-order chi connectivity index (χ1) is 11.0. The number of hydrogen-bond donors (Lipinski definition) is 2. The highest BCUT2D eigenvalue weighted by Gasteiger charge is 2.29. The summed E-state index contributed by atoms with van der Waals surface area (Å²) >= 11 is 0. The summed E-state index contributed by atoms with van der Waals surface area (Å²) in [6, 6.07) is 12.3. The smallest absolute Gasteiger partial charge is 0.334 e. The molecular formula is C18H18N2O3. The van der Waals surface area contributed by atoms with Gasteiger partial charge in [-0.1, -0.05) is 24.3 Å². The average Bonchev–Trinajstić information content (AvgIpc) is 2.51. The molecule has 118 valence electrons. The van der Waals surface area contributed by atoms with Crippen LogP contribution in [0.15, 0.2) is 42.5 Å². The van der Waals surface area contributed by atoms with E-state index in [4.69, 9.17) is 4.74 Å². The van der Waals surface area contributed by atoms with E-state index in [0.29, 0.717) is 5.75 Å². The second kappa shape index (κ2) is 6.12. The Kier molecular flexibility index (Phi) is 4.02. The van der Waals surface area contributed by atoms with Crippen molar-refractivity contribution >= 4 is 23.3 Å². The molecule has 2 N–H and O–H groups in total. The number of carbonyl (C=O) groups excluding carboxylic acids is 2. The number of fused-ring (bicyclic) bond motifs is 1. The Labute approximate surface area is 134 Å². The van der Waals surface area contributed by atoms with E-state index in [9.17, 15) is 9.59 Å². The van der Waals surface area contributed by atoms with Gasteiger partial charge in [0.2, 0.25) is 5.91 Å². The minimum atomic E-state index is -0.685. The van der Waals surface area contributed by atoms with Crippen molar-refractivity contribution in [2.45, 2.75) is 26.3 Å². The lowest BCUT2D eigenvalue weighted by Crippen LogP contribution is -2.39. The number of aryl methyl sites for hydroxylation is 2. The lowest BCUT2D eigenvalue weighted by atomic mass is 10.1. The maximum atomic E-state index is 12.2. The average molecular weight is 310 g/mol. The van der Waals surface area contributed by atoms with E-state index in [1.165, 1.54) is 0 Å². The molecule has 0 saturated carbocycles. The maximum Gasteiger partial charge on any atom is 0.334 e. The molecule has 0 aromatic heterocycles. The van der Waals surface area contributed by atoms with Gasteiger partial charge in [-0.15, -0.1) is 0 Å². The molecule has 2 aromatic carbocycles. The van der Waals surface area contributed by atoms with E-state index in [1.54, 1.807) is 12.1 Å². The van der Waals surface area contributed by atoms with E-state index in [-0.39, 0.29) is 12.3 Å². The molecule has 0 spiro atoms. The Morgan fingerprint density at radius 1 is 1.22 bits per heavy atom. The van der Waals surface area contributed by atoms with Crippen LogP contribution in [0.3, 0.4) is 0 Å². The second-order valence-corrected chi connectivity index (χ2v) is 5.68. The molecule has 5 heteroatoms. The van der Waals surface area contributed by atoms with E-state index in [2.05, 4.69) is 10.6 Å². The molecule has 1 atom stereocenters. The molecule has 5 nitrogen and oxygen atoms in total. The van der Waals surface area contributed by atoms with Gasteiger partial charge in [0.25, 0.3) is 0 Å². The zero-order chi connectivity index (χ0) is 16.4. The minimum absolute atomic E-state index is 0.0144. The van der Waals surface area contributed by atoms with Gasteiger partial charge in [-0.05, 0) is 43.2 Å². The molecular weight excluding hydrogens is 292 g/mol. The maximum absolute atomic E-state index is 12.2. The largest absolute Gasteiger partial charge is 0.423 e. The molecule has 0 radical (unpaired) electrons. The van der Waals surface area contributed by atoms with Gasteiger partial charge in [0.15, 0.2) is 5.75 Å². The van der Waals surface area contributed by atoms with Crippen LogP contribution in [-0.2, 0) is 9.59 Å². The van der Waals surface area contributed by atoms with Crippen LogP contribution in [0, 0.1) is 13.8 Å². The first-order valence-corrected chi connectivity index (χ1v) is 7.47. The van der Waals surface area contributed by atoms with Crippen LogP contribution in [0.4, 0.5) is 11.4 Å². The number of amides is 1. The number of carbonyl (C=O) groups is 2. The Morgan fingerprint density at radius 3 is 2.83 bits per heavy atom. The van der Waals surface area contributed by atoms with Crippen molar-refractivity contribution in [3.8, 4) is 5.75 Å². The van der Waals surface area contributed by atoms with Crippen LogP contribution in [0.25, 0.3) is 0 Å². The summed E-state index contributed by atoms with van der Waals surface area (Å²) in [5.74, 6) is -0.184. The lowest BCUT2D eigenvalue weighted by Gasteiger charge is -2.25. The van der Waals surface area contributed by atoms with E-state index >= 15 is 0 Å². The fraction of sp³-hybridized carbons (Fsp3) is 0.222. The Balaban J connectivity index is 1.69. The molecule has 0 bridgehead atoms. The van der Waals surface area contributed by atoms with Gasteiger partial charge >= 0.3 is 5.97 Å². The van der Waals surface area contributed by atoms with Crippen molar-refractivity contribution < 1.29 is 14.3 Å². The molecule has 1 unspecified atom stereocenters. The van der Waals surface area contributed by atoms with Gasteiger partial charge in [0.1, 0.15) is 6.04 Å². The fourth-order valence-corrected chi connectivity index (χ4v) is 2.49. The predicted molar refractivity (Wildman–Crippen MR) is 88.7 cm³/mol. The SMILES string of the molecule is Cc1ccc(C)c(NC(=O)CC2Nc3ccccc3OC2=O)c1. The second-order valence-electron chi connectivity index (χ2n) is 5.68. The summed E-state index contributed by atoms with van der Waals surface area (Å²) in [6.07, 6.45) is 0.0144. The van der Waals surface area contributed by atoms with Crippen molar-refractivity contribution in [1.82, 2.24) is 0 Å². The third-order valence-electron chi connectivity index (χ3n) is 3.77.